The Hall–Kier alpha value is -2.38. The Morgan fingerprint density at radius 3 is 2.35 bits per heavy atom. The minimum atomic E-state index is -3.86. The molecular weight excluding hydrogens is 318 g/mol. The zero-order chi connectivity index (χ0) is 16.3. The SMILES string of the molecule is O=C1COCCN1c1ccc(OS(=O)(=O)c2ccccc2)cc1. The molecule has 1 saturated heterocycles. The van der Waals surface area contributed by atoms with Crippen molar-refractivity contribution >= 4 is 21.7 Å². The minimum Gasteiger partial charge on any atom is -0.379 e. The van der Waals surface area contributed by atoms with Crippen LogP contribution in [0.5, 0.6) is 5.75 Å². The second-order valence-corrected chi connectivity index (χ2v) is 6.49. The van der Waals surface area contributed by atoms with E-state index in [0.29, 0.717) is 18.8 Å². The lowest BCUT2D eigenvalue weighted by Gasteiger charge is -2.26. The molecule has 1 heterocycles. The van der Waals surface area contributed by atoms with Crippen molar-refractivity contribution in [3.8, 4) is 5.75 Å². The van der Waals surface area contributed by atoms with Crippen molar-refractivity contribution in [2.24, 2.45) is 0 Å². The lowest BCUT2D eigenvalue weighted by Crippen LogP contribution is -2.41. The summed E-state index contributed by atoms with van der Waals surface area (Å²) in [6, 6.07) is 14.3. The summed E-state index contributed by atoms with van der Waals surface area (Å²) in [7, 11) is -3.86. The Labute approximate surface area is 134 Å². The Kier molecular flexibility index (Phi) is 4.31. The zero-order valence-corrected chi connectivity index (χ0v) is 13.0. The third-order valence-corrected chi connectivity index (χ3v) is 4.63. The van der Waals surface area contributed by atoms with Gasteiger partial charge in [0.1, 0.15) is 17.3 Å². The maximum atomic E-state index is 12.1. The minimum absolute atomic E-state index is 0.0562. The number of nitrogens with zero attached hydrogens (tertiary/aromatic N) is 1. The molecule has 0 saturated carbocycles. The van der Waals surface area contributed by atoms with Crippen LogP contribution in [-0.4, -0.2) is 34.1 Å². The van der Waals surface area contributed by atoms with Crippen LogP contribution >= 0.6 is 0 Å². The van der Waals surface area contributed by atoms with Crippen LogP contribution in [0.25, 0.3) is 0 Å². The monoisotopic (exact) mass is 333 g/mol. The summed E-state index contributed by atoms with van der Waals surface area (Å²) in [5, 5.41) is 0. The Morgan fingerprint density at radius 1 is 1.00 bits per heavy atom. The second-order valence-electron chi connectivity index (χ2n) is 4.94. The van der Waals surface area contributed by atoms with Gasteiger partial charge in [-0.1, -0.05) is 18.2 Å². The third-order valence-electron chi connectivity index (χ3n) is 3.37. The molecule has 0 aromatic heterocycles. The number of benzene rings is 2. The van der Waals surface area contributed by atoms with E-state index in [2.05, 4.69) is 0 Å². The van der Waals surface area contributed by atoms with E-state index in [9.17, 15) is 13.2 Å². The van der Waals surface area contributed by atoms with Crippen molar-refractivity contribution in [3.05, 3.63) is 54.6 Å². The summed E-state index contributed by atoms with van der Waals surface area (Å²) >= 11 is 0. The van der Waals surface area contributed by atoms with Gasteiger partial charge in [0.25, 0.3) is 5.91 Å². The molecular formula is C16H15NO5S. The molecule has 6 nitrogen and oxygen atoms in total. The molecule has 2 aromatic carbocycles. The van der Waals surface area contributed by atoms with E-state index in [4.69, 9.17) is 8.92 Å². The maximum absolute atomic E-state index is 12.1. The lowest BCUT2D eigenvalue weighted by atomic mass is 10.2. The number of amides is 1. The smallest absolute Gasteiger partial charge is 0.339 e. The summed E-state index contributed by atoms with van der Waals surface area (Å²) in [6.07, 6.45) is 0. The quantitative estimate of drug-likeness (QED) is 0.798. The number of hydrogen-bond acceptors (Lipinski definition) is 5. The fraction of sp³-hybridized carbons (Fsp3) is 0.188. The van der Waals surface area contributed by atoms with E-state index in [1.807, 2.05) is 0 Å². The topological polar surface area (TPSA) is 72.9 Å². The summed E-state index contributed by atoms with van der Waals surface area (Å²) < 4.78 is 34.5. The first-order valence-electron chi connectivity index (χ1n) is 7.04. The summed E-state index contributed by atoms with van der Waals surface area (Å²) in [5.41, 5.74) is 0.683. The molecule has 7 heteroatoms. The molecule has 120 valence electrons. The average molecular weight is 333 g/mol. The first-order valence-corrected chi connectivity index (χ1v) is 8.45. The predicted octanol–water partition coefficient (Wildman–Crippen LogP) is 1.82. The number of anilines is 1. The first-order chi connectivity index (χ1) is 11.1. The molecule has 1 fully saturated rings. The summed E-state index contributed by atoms with van der Waals surface area (Å²) in [5.74, 6) is 0.0696. The summed E-state index contributed by atoms with van der Waals surface area (Å²) in [4.78, 5) is 13.5. The summed E-state index contributed by atoms with van der Waals surface area (Å²) in [6.45, 7) is 1.01. The van der Waals surface area contributed by atoms with Crippen LogP contribution in [-0.2, 0) is 19.6 Å². The van der Waals surface area contributed by atoms with Crippen molar-refractivity contribution < 1.29 is 22.1 Å². The van der Waals surface area contributed by atoms with Gasteiger partial charge in [-0.3, -0.25) is 4.79 Å². The third kappa shape index (κ3) is 3.52. The fourth-order valence-electron chi connectivity index (χ4n) is 2.23. The van der Waals surface area contributed by atoms with Crippen molar-refractivity contribution in [1.82, 2.24) is 0 Å². The van der Waals surface area contributed by atoms with Gasteiger partial charge >= 0.3 is 10.1 Å². The van der Waals surface area contributed by atoms with Crippen molar-refractivity contribution in [3.63, 3.8) is 0 Å². The van der Waals surface area contributed by atoms with Gasteiger partial charge in [-0.25, -0.2) is 0 Å². The van der Waals surface area contributed by atoms with Crippen molar-refractivity contribution in [1.29, 1.82) is 0 Å². The molecule has 23 heavy (non-hydrogen) atoms. The Balaban J connectivity index is 1.76. The van der Waals surface area contributed by atoms with Gasteiger partial charge in [-0.15, -0.1) is 0 Å². The molecule has 0 bridgehead atoms. The van der Waals surface area contributed by atoms with Gasteiger partial charge in [0.15, 0.2) is 0 Å². The molecule has 0 radical (unpaired) electrons. The van der Waals surface area contributed by atoms with E-state index in [0.717, 1.165) is 0 Å². The standard InChI is InChI=1S/C16H15NO5S/c18-16-12-21-11-10-17(16)13-6-8-14(9-7-13)22-23(19,20)15-4-2-1-3-5-15/h1-9H,10-12H2. The molecule has 0 aliphatic carbocycles. The molecule has 0 spiro atoms. The highest BCUT2D eigenvalue weighted by Crippen LogP contribution is 2.23. The van der Waals surface area contributed by atoms with E-state index in [-0.39, 0.29) is 23.2 Å². The first kappa shape index (κ1) is 15.5. The predicted molar refractivity (Wildman–Crippen MR) is 83.9 cm³/mol. The highest BCUT2D eigenvalue weighted by molar-refractivity contribution is 7.87. The maximum Gasteiger partial charge on any atom is 0.339 e. The molecule has 2 aromatic rings. The van der Waals surface area contributed by atoms with Crippen LogP contribution in [0, 0.1) is 0 Å². The van der Waals surface area contributed by atoms with Crippen LogP contribution in [0.3, 0.4) is 0 Å². The Morgan fingerprint density at radius 2 is 1.70 bits per heavy atom. The van der Waals surface area contributed by atoms with E-state index >= 15 is 0 Å². The lowest BCUT2D eigenvalue weighted by molar-refractivity contribution is -0.125. The molecule has 3 rings (SSSR count). The highest BCUT2D eigenvalue weighted by atomic mass is 32.2. The van der Waals surface area contributed by atoms with E-state index in [1.54, 1.807) is 35.2 Å². The molecule has 1 aliphatic heterocycles. The van der Waals surface area contributed by atoms with Gasteiger partial charge in [-0.05, 0) is 36.4 Å². The van der Waals surface area contributed by atoms with Gasteiger partial charge in [0, 0.05) is 12.2 Å². The highest BCUT2D eigenvalue weighted by Gasteiger charge is 2.21. The van der Waals surface area contributed by atoms with Crippen LogP contribution in [0.4, 0.5) is 5.69 Å². The van der Waals surface area contributed by atoms with Gasteiger partial charge in [0.2, 0.25) is 0 Å². The second kappa shape index (κ2) is 6.39. The average Bonchev–Trinajstić information content (AvgIpc) is 2.57. The van der Waals surface area contributed by atoms with Gasteiger partial charge in [-0.2, -0.15) is 8.42 Å². The van der Waals surface area contributed by atoms with Crippen LogP contribution in [0.1, 0.15) is 0 Å². The van der Waals surface area contributed by atoms with Crippen LogP contribution in [0.15, 0.2) is 59.5 Å². The number of carbonyl (C=O) groups is 1. The van der Waals surface area contributed by atoms with Crippen LogP contribution in [0.2, 0.25) is 0 Å². The molecule has 1 aliphatic rings. The van der Waals surface area contributed by atoms with E-state index in [1.165, 1.54) is 24.3 Å². The van der Waals surface area contributed by atoms with Gasteiger partial charge < -0.3 is 13.8 Å². The fourth-order valence-corrected chi connectivity index (χ4v) is 3.19. The molecule has 0 N–H and O–H groups in total. The van der Waals surface area contributed by atoms with Crippen molar-refractivity contribution in [2.75, 3.05) is 24.7 Å². The van der Waals surface area contributed by atoms with Crippen molar-refractivity contribution in [2.45, 2.75) is 4.90 Å². The van der Waals surface area contributed by atoms with E-state index < -0.39 is 10.1 Å². The number of hydrogen-bond donors (Lipinski definition) is 0. The molecule has 1 amide bonds. The zero-order valence-electron chi connectivity index (χ0n) is 12.2. The number of morpholine rings is 1. The number of ether oxygens (including phenoxy) is 1. The van der Waals surface area contributed by atoms with Crippen LogP contribution < -0.4 is 9.08 Å². The number of rotatable bonds is 4. The Bertz CT molecular complexity index is 787. The normalized spacial score (nSPS) is 15.5. The van der Waals surface area contributed by atoms with Gasteiger partial charge in [0.05, 0.1) is 6.61 Å². The molecule has 0 atom stereocenters. The number of carbonyl (C=O) groups excluding carboxylic acids is 1. The molecule has 0 unspecified atom stereocenters. The largest absolute Gasteiger partial charge is 0.379 e.